The van der Waals surface area contributed by atoms with Crippen LogP contribution in [0.5, 0.6) is 0 Å². The van der Waals surface area contributed by atoms with E-state index in [9.17, 15) is 0 Å². The maximum absolute atomic E-state index is 5.09. The largest absolute Gasteiger partial charge is 0.384 e. The SMILES string of the molecule is COCCc1ccc(-c2csc(CNC(C)C)n2)cc1. The summed E-state index contributed by atoms with van der Waals surface area (Å²) in [6, 6.07) is 9.07. The minimum Gasteiger partial charge on any atom is -0.384 e. The van der Waals surface area contributed by atoms with E-state index in [0.717, 1.165) is 30.3 Å². The van der Waals surface area contributed by atoms with E-state index >= 15 is 0 Å². The molecule has 0 atom stereocenters. The summed E-state index contributed by atoms with van der Waals surface area (Å²) in [5.74, 6) is 0. The van der Waals surface area contributed by atoms with Crippen molar-refractivity contribution in [3.05, 3.63) is 40.2 Å². The lowest BCUT2D eigenvalue weighted by Gasteiger charge is -2.04. The molecule has 3 nitrogen and oxygen atoms in total. The number of thiazole rings is 1. The Labute approximate surface area is 125 Å². The molecule has 0 aliphatic carbocycles. The Kier molecular flexibility index (Phi) is 5.71. The molecule has 108 valence electrons. The van der Waals surface area contributed by atoms with Gasteiger partial charge in [-0.25, -0.2) is 4.98 Å². The highest BCUT2D eigenvalue weighted by molar-refractivity contribution is 7.09. The summed E-state index contributed by atoms with van der Waals surface area (Å²) in [6.07, 6.45) is 0.956. The third-order valence-electron chi connectivity index (χ3n) is 3.06. The van der Waals surface area contributed by atoms with Crippen LogP contribution in [0.15, 0.2) is 29.6 Å². The first kappa shape index (κ1) is 15.2. The number of nitrogens with one attached hydrogen (secondary N) is 1. The van der Waals surface area contributed by atoms with Gasteiger partial charge in [0.2, 0.25) is 0 Å². The molecule has 0 saturated carbocycles. The number of hydrogen-bond donors (Lipinski definition) is 1. The fourth-order valence-corrected chi connectivity index (χ4v) is 2.63. The van der Waals surface area contributed by atoms with E-state index in [-0.39, 0.29) is 0 Å². The maximum Gasteiger partial charge on any atom is 0.107 e. The van der Waals surface area contributed by atoms with E-state index in [0.29, 0.717) is 6.04 Å². The molecule has 4 heteroatoms. The molecular formula is C16H22N2OS. The van der Waals surface area contributed by atoms with Crippen molar-refractivity contribution in [2.24, 2.45) is 0 Å². The molecule has 0 aliphatic rings. The summed E-state index contributed by atoms with van der Waals surface area (Å²) in [5, 5.41) is 6.66. The molecule has 1 aromatic heterocycles. The number of benzene rings is 1. The zero-order valence-electron chi connectivity index (χ0n) is 12.3. The minimum absolute atomic E-state index is 0.488. The van der Waals surface area contributed by atoms with Crippen LogP contribution in [0.25, 0.3) is 11.3 Å². The second-order valence-electron chi connectivity index (χ2n) is 5.10. The molecule has 2 aromatic rings. The standard InChI is InChI=1S/C16H22N2OS/c1-12(2)17-10-16-18-15(11-20-16)14-6-4-13(5-7-14)8-9-19-3/h4-7,11-12,17H,8-10H2,1-3H3. The van der Waals surface area contributed by atoms with Crippen molar-refractivity contribution in [1.29, 1.82) is 0 Å². The van der Waals surface area contributed by atoms with Gasteiger partial charge in [0, 0.05) is 30.6 Å². The normalized spacial score (nSPS) is 11.2. The van der Waals surface area contributed by atoms with E-state index < -0.39 is 0 Å². The van der Waals surface area contributed by atoms with Gasteiger partial charge in [-0.1, -0.05) is 38.1 Å². The lowest BCUT2D eigenvalue weighted by molar-refractivity contribution is 0.202. The van der Waals surface area contributed by atoms with Crippen LogP contribution in [0.3, 0.4) is 0 Å². The summed E-state index contributed by atoms with van der Waals surface area (Å²) in [5.41, 5.74) is 3.54. The molecule has 1 heterocycles. The van der Waals surface area contributed by atoms with Crippen LogP contribution in [0, 0.1) is 0 Å². The first-order valence-corrected chi connectivity index (χ1v) is 7.83. The minimum atomic E-state index is 0.488. The van der Waals surface area contributed by atoms with Crippen LogP contribution < -0.4 is 5.32 Å². The Morgan fingerprint density at radius 1 is 1.25 bits per heavy atom. The second kappa shape index (κ2) is 7.53. The summed E-state index contributed by atoms with van der Waals surface area (Å²) >= 11 is 1.71. The van der Waals surface area contributed by atoms with Crippen molar-refractivity contribution in [3.8, 4) is 11.3 Å². The van der Waals surface area contributed by atoms with Crippen LogP contribution in [0.1, 0.15) is 24.4 Å². The van der Waals surface area contributed by atoms with E-state index in [1.807, 2.05) is 0 Å². The van der Waals surface area contributed by atoms with Crippen molar-refractivity contribution in [2.75, 3.05) is 13.7 Å². The van der Waals surface area contributed by atoms with E-state index in [1.54, 1.807) is 18.4 Å². The average Bonchev–Trinajstić information content (AvgIpc) is 2.92. The molecule has 1 aromatic carbocycles. The predicted molar refractivity (Wildman–Crippen MR) is 85.1 cm³/mol. The highest BCUT2D eigenvalue weighted by atomic mass is 32.1. The predicted octanol–water partition coefficient (Wildman–Crippen LogP) is 3.50. The monoisotopic (exact) mass is 290 g/mol. The lowest BCUT2D eigenvalue weighted by atomic mass is 10.1. The van der Waals surface area contributed by atoms with Gasteiger partial charge in [0.05, 0.1) is 12.3 Å². The maximum atomic E-state index is 5.09. The van der Waals surface area contributed by atoms with Crippen molar-refractivity contribution >= 4 is 11.3 Å². The van der Waals surface area contributed by atoms with Gasteiger partial charge >= 0.3 is 0 Å². The van der Waals surface area contributed by atoms with Crippen molar-refractivity contribution in [2.45, 2.75) is 32.9 Å². The molecule has 20 heavy (non-hydrogen) atoms. The van der Waals surface area contributed by atoms with Gasteiger partial charge in [0.1, 0.15) is 5.01 Å². The van der Waals surface area contributed by atoms with Gasteiger partial charge in [0.25, 0.3) is 0 Å². The number of nitrogens with zero attached hydrogens (tertiary/aromatic N) is 1. The molecule has 0 bridgehead atoms. The van der Waals surface area contributed by atoms with Crippen LogP contribution in [0.2, 0.25) is 0 Å². The average molecular weight is 290 g/mol. The number of hydrogen-bond acceptors (Lipinski definition) is 4. The number of ether oxygens (including phenoxy) is 1. The first-order chi connectivity index (χ1) is 9.69. The van der Waals surface area contributed by atoms with Gasteiger partial charge in [-0.05, 0) is 12.0 Å². The zero-order valence-corrected chi connectivity index (χ0v) is 13.2. The van der Waals surface area contributed by atoms with Gasteiger partial charge in [-0.3, -0.25) is 0 Å². The molecule has 0 spiro atoms. The summed E-state index contributed by atoms with van der Waals surface area (Å²) in [4.78, 5) is 4.68. The van der Waals surface area contributed by atoms with E-state index in [4.69, 9.17) is 4.74 Å². The van der Waals surface area contributed by atoms with E-state index in [2.05, 4.69) is 53.8 Å². The fraction of sp³-hybridized carbons (Fsp3) is 0.438. The molecular weight excluding hydrogens is 268 g/mol. The molecule has 1 N–H and O–H groups in total. The van der Waals surface area contributed by atoms with Crippen LogP contribution in [0.4, 0.5) is 0 Å². The second-order valence-corrected chi connectivity index (χ2v) is 6.04. The Hall–Kier alpha value is -1.23. The molecule has 0 amide bonds. The fourth-order valence-electron chi connectivity index (χ4n) is 1.88. The lowest BCUT2D eigenvalue weighted by Crippen LogP contribution is -2.21. The number of methoxy groups -OCH3 is 1. The third-order valence-corrected chi connectivity index (χ3v) is 3.91. The summed E-state index contributed by atoms with van der Waals surface area (Å²) in [7, 11) is 1.73. The topological polar surface area (TPSA) is 34.1 Å². The molecule has 0 unspecified atom stereocenters. The summed E-state index contributed by atoms with van der Waals surface area (Å²) in [6.45, 7) is 5.90. The Bertz CT molecular complexity index is 520. The summed E-state index contributed by atoms with van der Waals surface area (Å²) < 4.78 is 5.09. The quantitative estimate of drug-likeness (QED) is 0.847. The number of aromatic nitrogens is 1. The molecule has 0 fully saturated rings. The molecule has 0 saturated heterocycles. The Balaban J connectivity index is 2.00. The van der Waals surface area contributed by atoms with Gasteiger partial charge in [0.15, 0.2) is 0 Å². The van der Waals surface area contributed by atoms with Crippen molar-refractivity contribution < 1.29 is 4.74 Å². The zero-order chi connectivity index (χ0) is 14.4. The molecule has 0 aliphatic heterocycles. The first-order valence-electron chi connectivity index (χ1n) is 6.95. The van der Waals surface area contributed by atoms with E-state index in [1.165, 1.54) is 11.1 Å². The smallest absolute Gasteiger partial charge is 0.107 e. The Morgan fingerprint density at radius 3 is 2.65 bits per heavy atom. The molecule has 0 radical (unpaired) electrons. The van der Waals surface area contributed by atoms with Crippen LogP contribution in [-0.2, 0) is 17.7 Å². The highest BCUT2D eigenvalue weighted by Gasteiger charge is 2.05. The molecule has 2 rings (SSSR count). The highest BCUT2D eigenvalue weighted by Crippen LogP contribution is 2.22. The van der Waals surface area contributed by atoms with Gasteiger partial charge < -0.3 is 10.1 Å². The number of rotatable bonds is 7. The van der Waals surface area contributed by atoms with Gasteiger partial charge in [-0.15, -0.1) is 11.3 Å². The van der Waals surface area contributed by atoms with Gasteiger partial charge in [-0.2, -0.15) is 0 Å². The van der Waals surface area contributed by atoms with Crippen LogP contribution in [-0.4, -0.2) is 24.7 Å². The Morgan fingerprint density at radius 2 is 2.00 bits per heavy atom. The van der Waals surface area contributed by atoms with Crippen LogP contribution >= 0.6 is 11.3 Å². The third kappa shape index (κ3) is 4.40. The van der Waals surface area contributed by atoms with Crippen molar-refractivity contribution in [1.82, 2.24) is 10.3 Å². The van der Waals surface area contributed by atoms with Crippen molar-refractivity contribution in [3.63, 3.8) is 0 Å².